The number of aryl methyl sites for hydroxylation is 1. The number of halogens is 1. The highest BCUT2D eigenvalue weighted by molar-refractivity contribution is 6.30. The van der Waals surface area contributed by atoms with Crippen molar-refractivity contribution >= 4 is 34.2 Å². The zero-order valence-corrected chi connectivity index (χ0v) is 22.1. The van der Waals surface area contributed by atoms with Crippen molar-refractivity contribution in [2.45, 2.75) is 26.3 Å². The summed E-state index contributed by atoms with van der Waals surface area (Å²) in [6.07, 6.45) is 0.728. The quantitative estimate of drug-likeness (QED) is 0.228. The van der Waals surface area contributed by atoms with E-state index in [1.165, 1.54) is 5.56 Å². The molecule has 0 bridgehead atoms. The molecule has 0 saturated carbocycles. The number of fused-ring (bicyclic) bond motifs is 1. The third-order valence-corrected chi connectivity index (χ3v) is 6.98. The second-order valence-electron chi connectivity index (χ2n) is 9.38. The molecule has 0 N–H and O–H groups in total. The molecule has 0 aliphatic carbocycles. The molecule has 38 heavy (non-hydrogen) atoms. The van der Waals surface area contributed by atoms with E-state index in [1.807, 2.05) is 66.5 Å². The van der Waals surface area contributed by atoms with Gasteiger partial charge in [0.2, 0.25) is 5.95 Å². The molecule has 4 aromatic carbocycles. The first-order chi connectivity index (χ1) is 18.6. The van der Waals surface area contributed by atoms with Crippen LogP contribution in [0.3, 0.4) is 0 Å². The van der Waals surface area contributed by atoms with Crippen molar-refractivity contribution in [3.63, 3.8) is 0 Å². The Labute approximate surface area is 227 Å². The minimum Gasteiger partial charge on any atom is -0.494 e. The highest BCUT2D eigenvalue weighted by Crippen LogP contribution is 2.38. The van der Waals surface area contributed by atoms with E-state index in [0.29, 0.717) is 17.6 Å². The SMILES string of the molecule is CCOc1cccc([C@@H]2CC(c3cccc(C)c3)=NN2c2nc(-c3ccc(Cl)cc3)c3ccccc3n2)c1. The van der Waals surface area contributed by atoms with Crippen molar-refractivity contribution < 1.29 is 4.74 Å². The Hall–Kier alpha value is -4.22. The van der Waals surface area contributed by atoms with Gasteiger partial charge in [-0.3, -0.25) is 0 Å². The predicted molar refractivity (Wildman–Crippen MR) is 155 cm³/mol. The number of nitrogens with zero attached hydrogens (tertiary/aromatic N) is 4. The first-order valence-corrected chi connectivity index (χ1v) is 13.2. The molecule has 0 fully saturated rings. The van der Waals surface area contributed by atoms with E-state index in [9.17, 15) is 0 Å². The summed E-state index contributed by atoms with van der Waals surface area (Å²) < 4.78 is 5.82. The van der Waals surface area contributed by atoms with Crippen LogP contribution in [0.15, 0.2) is 102 Å². The van der Waals surface area contributed by atoms with Gasteiger partial charge in [0.15, 0.2) is 0 Å². The molecule has 0 spiro atoms. The summed E-state index contributed by atoms with van der Waals surface area (Å²) in [6.45, 7) is 4.71. The molecule has 1 aliphatic heterocycles. The molecule has 0 radical (unpaired) electrons. The van der Waals surface area contributed by atoms with Gasteiger partial charge in [0, 0.05) is 22.4 Å². The summed E-state index contributed by atoms with van der Waals surface area (Å²) in [5, 5.41) is 8.76. The van der Waals surface area contributed by atoms with E-state index in [0.717, 1.165) is 51.2 Å². The average molecular weight is 519 g/mol. The van der Waals surface area contributed by atoms with Crippen molar-refractivity contribution in [3.05, 3.63) is 119 Å². The Balaban J connectivity index is 1.52. The van der Waals surface area contributed by atoms with Crippen LogP contribution in [-0.4, -0.2) is 22.3 Å². The third kappa shape index (κ3) is 4.73. The number of rotatable bonds is 6. The van der Waals surface area contributed by atoms with Gasteiger partial charge in [-0.1, -0.05) is 83.9 Å². The van der Waals surface area contributed by atoms with E-state index in [-0.39, 0.29) is 6.04 Å². The lowest BCUT2D eigenvalue weighted by Gasteiger charge is -2.23. The Morgan fingerprint density at radius 1 is 0.868 bits per heavy atom. The smallest absolute Gasteiger partial charge is 0.247 e. The Bertz CT molecular complexity index is 1650. The standard InChI is InChI=1S/C32H27ClN4O/c1-3-38-26-11-7-10-24(19-26)30-20-29(23-9-6-8-21(2)18-23)36-37(30)32-34-28-13-5-4-12-27(28)31(35-32)22-14-16-25(33)17-15-22/h4-19,30H,3,20H2,1-2H3/t30-/m0/s1. The molecule has 1 aliphatic rings. The maximum absolute atomic E-state index is 6.19. The molecule has 6 rings (SSSR count). The average Bonchev–Trinajstić information content (AvgIpc) is 3.39. The summed E-state index contributed by atoms with van der Waals surface area (Å²) in [4.78, 5) is 10.1. The summed E-state index contributed by atoms with van der Waals surface area (Å²) in [5.74, 6) is 1.40. The highest BCUT2D eigenvalue weighted by atomic mass is 35.5. The first-order valence-electron chi connectivity index (χ1n) is 12.8. The van der Waals surface area contributed by atoms with Gasteiger partial charge >= 0.3 is 0 Å². The van der Waals surface area contributed by atoms with Crippen LogP contribution in [0.2, 0.25) is 5.02 Å². The second-order valence-corrected chi connectivity index (χ2v) is 9.82. The van der Waals surface area contributed by atoms with Gasteiger partial charge in [0.05, 0.1) is 29.6 Å². The number of hydrogen-bond donors (Lipinski definition) is 0. The van der Waals surface area contributed by atoms with Crippen molar-refractivity contribution in [2.75, 3.05) is 11.6 Å². The van der Waals surface area contributed by atoms with Crippen LogP contribution < -0.4 is 9.75 Å². The minimum absolute atomic E-state index is 0.0786. The van der Waals surface area contributed by atoms with E-state index >= 15 is 0 Å². The van der Waals surface area contributed by atoms with Gasteiger partial charge in [-0.25, -0.2) is 15.0 Å². The topological polar surface area (TPSA) is 50.6 Å². The van der Waals surface area contributed by atoms with Crippen molar-refractivity contribution in [2.24, 2.45) is 5.10 Å². The van der Waals surface area contributed by atoms with Crippen molar-refractivity contribution in [1.82, 2.24) is 9.97 Å². The minimum atomic E-state index is -0.0786. The largest absolute Gasteiger partial charge is 0.494 e. The summed E-state index contributed by atoms with van der Waals surface area (Å²) in [5.41, 5.74) is 7.11. The number of anilines is 1. The summed E-state index contributed by atoms with van der Waals surface area (Å²) in [7, 11) is 0. The number of hydrogen-bond acceptors (Lipinski definition) is 5. The molecular weight excluding hydrogens is 492 g/mol. The maximum Gasteiger partial charge on any atom is 0.247 e. The van der Waals surface area contributed by atoms with Gasteiger partial charge in [0.25, 0.3) is 0 Å². The van der Waals surface area contributed by atoms with Crippen LogP contribution in [0.4, 0.5) is 5.95 Å². The Morgan fingerprint density at radius 3 is 2.50 bits per heavy atom. The normalized spacial score (nSPS) is 15.1. The fourth-order valence-electron chi connectivity index (χ4n) is 4.93. The van der Waals surface area contributed by atoms with Crippen molar-refractivity contribution in [1.29, 1.82) is 0 Å². The predicted octanol–water partition coefficient (Wildman–Crippen LogP) is 8.01. The van der Waals surface area contributed by atoms with Crippen LogP contribution in [0, 0.1) is 6.92 Å². The number of aromatic nitrogens is 2. The van der Waals surface area contributed by atoms with Crippen molar-refractivity contribution in [3.8, 4) is 17.0 Å². The fourth-order valence-corrected chi connectivity index (χ4v) is 5.05. The van der Waals surface area contributed by atoms with Gasteiger partial charge in [0.1, 0.15) is 5.75 Å². The summed E-state index contributed by atoms with van der Waals surface area (Å²) in [6, 6.07) is 32.5. The maximum atomic E-state index is 6.19. The molecule has 0 saturated heterocycles. The van der Waals surface area contributed by atoms with Crippen LogP contribution >= 0.6 is 11.6 Å². The van der Waals surface area contributed by atoms with Crippen LogP contribution in [-0.2, 0) is 0 Å². The number of ether oxygens (including phenoxy) is 1. The third-order valence-electron chi connectivity index (χ3n) is 6.73. The molecule has 2 heterocycles. The Morgan fingerprint density at radius 2 is 1.68 bits per heavy atom. The number of hydrazone groups is 1. The Kier molecular flexibility index (Phi) is 6.52. The first kappa shape index (κ1) is 24.1. The molecule has 1 aromatic heterocycles. The van der Waals surface area contributed by atoms with Crippen LogP contribution in [0.25, 0.3) is 22.2 Å². The number of para-hydroxylation sites is 1. The molecule has 6 heteroatoms. The van der Waals surface area contributed by atoms with E-state index < -0.39 is 0 Å². The molecule has 188 valence electrons. The van der Waals surface area contributed by atoms with E-state index in [4.69, 9.17) is 31.4 Å². The zero-order valence-electron chi connectivity index (χ0n) is 21.3. The molecule has 5 aromatic rings. The van der Waals surface area contributed by atoms with Gasteiger partial charge in [-0.15, -0.1) is 0 Å². The second kappa shape index (κ2) is 10.3. The van der Waals surface area contributed by atoms with Gasteiger partial charge < -0.3 is 4.74 Å². The molecule has 0 unspecified atom stereocenters. The zero-order chi connectivity index (χ0) is 26.1. The van der Waals surface area contributed by atoms with Gasteiger partial charge in [-0.2, -0.15) is 5.10 Å². The fraction of sp³-hybridized carbons (Fsp3) is 0.156. The number of benzene rings is 4. The molecule has 0 amide bonds. The van der Waals surface area contributed by atoms with Gasteiger partial charge in [-0.05, 0) is 55.3 Å². The van der Waals surface area contributed by atoms with E-state index in [1.54, 1.807) is 0 Å². The molecular formula is C32H27ClN4O. The highest BCUT2D eigenvalue weighted by Gasteiger charge is 2.32. The van der Waals surface area contributed by atoms with Crippen LogP contribution in [0.1, 0.15) is 36.1 Å². The molecule has 5 nitrogen and oxygen atoms in total. The summed E-state index contributed by atoms with van der Waals surface area (Å²) >= 11 is 6.19. The lowest BCUT2D eigenvalue weighted by molar-refractivity contribution is 0.339. The monoisotopic (exact) mass is 518 g/mol. The van der Waals surface area contributed by atoms with E-state index in [2.05, 4.69) is 49.4 Å². The van der Waals surface area contributed by atoms with Crippen LogP contribution in [0.5, 0.6) is 5.75 Å². The lowest BCUT2D eigenvalue weighted by atomic mass is 9.97. The molecule has 1 atom stereocenters. The lowest BCUT2D eigenvalue weighted by Crippen LogP contribution is -2.21.